The van der Waals surface area contributed by atoms with Gasteiger partial charge in [-0.2, -0.15) is 0 Å². The number of carbonyl (C=O) groups excluding carboxylic acids is 3. The summed E-state index contributed by atoms with van der Waals surface area (Å²) in [5.41, 5.74) is 0. The van der Waals surface area contributed by atoms with Crippen LogP contribution in [-0.2, 0) is 46.6 Å². The van der Waals surface area contributed by atoms with Crippen molar-refractivity contribution < 1.29 is 66.3 Å². The molecule has 0 fully saturated rings. The van der Waals surface area contributed by atoms with Crippen molar-refractivity contribution in [2.24, 2.45) is 0 Å². The van der Waals surface area contributed by atoms with Gasteiger partial charge < -0.3 is 29.3 Å². The Kier molecular flexibility index (Phi) is 34.8. The Morgan fingerprint density at radius 2 is 1.04 bits per heavy atom. The molecule has 0 aliphatic carbocycles. The van der Waals surface area contributed by atoms with E-state index < -0.39 is 66.2 Å². The number of hydrogen-bond donors (Lipinski definition) is 4. The Bertz CT molecular complexity index is 1200. The number of allylic oxidation sites excluding steroid dienone is 6. The fourth-order valence-corrected chi connectivity index (χ4v) is 6.42. The first-order valence-electron chi connectivity index (χ1n) is 20.6. The van der Waals surface area contributed by atoms with Crippen LogP contribution in [0.4, 0.5) is 0 Å². The molecule has 326 valence electrons. The topological polar surface area (TPSA) is 212 Å². The maximum absolute atomic E-state index is 12.6. The second kappa shape index (κ2) is 36.1. The zero-order chi connectivity index (χ0) is 41.8. The molecule has 0 aromatic carbocycles. The Morgan fingerprint density at radius 3 is 1.64 bits per heavy atom. The molecule has 0 aliphatic rings. The van der Waals surface area contributed by atoms with Crippen LogP contribution in [0.15, 0.2) is 36.5 Å². The summed E-state index contributed by atoms with van der Waals surface area (Å²) in [6, 6.07) is 0. The first-order valence-corrected chi connectivity index (χ1v) is 23.7. The van der Waals surface area contributed by atoms with E-state index in [2.05, 4.69) is 35.0 Å². The molecule has 3 atom stereocenters. The minimum Gasteiger partial charge on any atom is -0.462 e. The van der Waals surface area contributed by atoms with Gasteiger partial charge in [-0.25, -0.2) is 9.13 Å². The van der Waals surface area contributed by atoms with E-state index in [4.69, 9.17) is 23.8 Å². The summed E-state index contributed by atoms with van der Waals surface area (Å²) in [4.78, 5) is 64.3. The largest absolute Gasteiger partial charge is 0.472 e. The second-order valence-electron chi connectivity index (χ2n) is 13.9. The Balaban J connectivity index is 4.63. The molecular weight excluding hydrogens is 766 g/mol. The van der Waals surface area contributed by atoms with Gasteiger partial charge in [0, 0.05) is 19.3 Å². The lowest BCUT2D eigenvalue weighted by Gasteiger charge is -2.20. The molecule has 0 aromatic heterocycles. The number of ketones is 1. The molecule has 14 nitrogen and oxygen atoms in total. The molecule has 1 unspecified atom stereocenters. The zero-order valence-corrected chi connectivity index (χ0v) is 35.8. The van der Waals surface area contributed by atoms with Gasteiger partial charge in [0.05, 0.1) is 19.8 Å². The van der Waals surface area contributed by atoms with Gasteiger partial charge in [-0.1, -0.05) is 115 Å². The van der Waals surface area contributed by atoms with E-state index in [9.17, 15) is 33.5 Å². The van der Waals surface area contributed by atoms with Crippen LogP contribution in [0.2, 0.25) is 0 Å². The third kappa shape index (κ3) is 38.9. The Labute approximate surface area is 335 Å². The van der Waals surface area contributed by atoms with E-state index in [1.165, 1.54) is 25.7 Å². The van der Waals surface area contributed by atoms with Crippen LogP contribution < -0.4 is 0 Å². The van der Waals surface area contributed by atoms with Crippen molar-refractivity contribution in [1.29, 1.82) is 0 Å². The van der Waals surface area contributed by atoms with E-state index in [-0.39, 0.29) is 18.6 Å². The van der Waals surface area contributed by atoms with Gasteiger partial charge >= 0.3 is 27.6 Å². The minimum atomic E-state index is -4.87. The fraction of sp³-hybridized carbons (Fsp3) is 0.775. The first kappa shape index (κ1) is 54.0. The van der Waals surface area contributed by atoms with Crippen molar-refractivity contribution in [3.8, 4) is 0 Å². The average molecular weight is 839 g/mol. The highest BCUT2D eigenvalue weighted by molar-refractivity contribution is 7.47. The van der Waals surface area contributed by atoms with Crippen LogP contribution >= 0.6 is 15.6 Å². The second-order valence-corrected chi connectivity index (χ2v) is 16.6. The molecule has 0 radical (unpaired) electrons. The molecule has 0 rings (SSSR count). The number of phosphoric acid groups is 2. The van der Waals surface area contributed by atoms with Crippen molar-refractivity contribution in [3.05, 3.63) is 36.5 Å². The van der Waals surface area contributed by atoms with Gasteiger partial charge in [0.2, 0.25) is 0 Å². The van der Waals surface area contributed by atoms with Crippen molar-refractivity contribution in [1.82, 2.24) is 0 Å². The first-order chi connectivity index (χ1) is 26.8. The maximum atomic E-state index is 12.6. The quantitative estimate of drug-likeness (QED) is 0.0113. The van der Waals surface area contributed by atoms with E-state index >= 15 is 0 Å². The zero-order valence-electron chi connectivity index (χ0n) is 34.0. The summed E-state index contributed by atoms with van der Waals surface area (Å²) in [6.07, 6.45) is 29.8. The van der Waals surface area contributed by atoms with Crippen LogP contribution in [0.1, 0.15) is 162 Å². The SMILES string of the molecule is CCCCCC/C=C\CCCCCCCC(=O)OC[C@H](COP(=O)(O)OC[C@@H](O)COP(=O)(O)O)OC(=O)CCCCCCC/C=C\C=C\C(=O)CCCCC. The van der Waals surface area contributed by atoms with Gasteiger partial charge in [0.15, 0.2) is 11.9 Å². The van der Waals surface area contributed by atoms with Gasteiger partial charge in [-0.15, -0.1) is 0 Å². The molecule has 0 bridgehead atoms. The minimum absolute atomic E-state index is 0.0786. The lowest BCUT2D eigenvalue weighted by atomic mass is 10.1. The fourth-order valence-electron chi connectivity index (χ4n) is 5.26. The molecule has 0 aromatic rings. The number of aliphatic hydroxyl groups is 1. The summed E-state index contributed by atoms with van der Waals surface area (Å²) < 4.78 is 47.6. The monoisotopic (exact) mass is 838 g/mol. The molecular formula is C40H72O14P2. The number of ether oxygens (including phenoxy) is 2. The lowest BCUT2D eigenvalue weighted by molar-refractivity contribution is -0.161. The number of unbranched alkanes of at least 4 members (excludes halogenated alkanes) is 16. The van der Waals surface area contributed by atoms with E-state index in [0.717, 1.165) is 89.9 Å². The summed E-state index contributed by atoms with van der Waals surface area (Å²) in [6.45, 7) is 1.52. The van der Waals surface area contributed by atoms with Gasteiger partial charge in [-0.3, -0.25) is 28.0 Å². The molecule has 4 N–H and O–H groups in total. The highest BCUT2D eigenvalue weighted by atomic mass is 31.2. The normalized spacial score (nSPS) is 14.4. The average Bonchev–Trinajstić information content (AvgIpc) is 3.15. The third-order valence-electron chi connectivity index (χ3n) is 8.47. The van der Waals surface area contributed by atoms with Crippen LogP contribution in [0.5, 0.6) is 0 Å². The van der Waals surface area contributed by atoms with E-state index in [1.54, 1.807) is 12.2 Å². The molecule has 0 saturated heterocycles. The van der Waals surface area contributed by atoms with Gasteiger partial charge in [0.25, 0.3) is 0 Å². The molecule has 0 saturated carbocycles. The highest BCUT2D eigenvalue weighted by Gasteiger charge is 2.28. The van der Waals surface area contributed by atoms with E-state index in [0.29, 0.717) is 19.3 Å². The third-order valence-corrected chi connectivity index (χ3v) is 9.90. The Morgan fingerprint density at radius 1 is 0.554 bits per heavy atom. The van der Waals surface area contributed by atoms with Gasteiger partial charge in [-0.05, 0) is 63.9 Å². The van der Waals surface area contributed by atoms with Crippen LogP contribution in [0, 0.1) is 0 Å². The smallest absolute Gasteiger partial charge is 0.462 e. The lowest BCUT2D eigenvalue weighted by Crippen LogP contribution is -2.30. The number of hydrogen-bond acceptors (Lipinski definition) is 11. The molecule has 0 aliphatic heterocycles. The van der Waals surface area contributed by atoms with E-state index in [1.807, 2.05) is 12.2 Å². The van der Waals surface area contributed by atoms with Crippen LogP contribution in [-0.4, -0.2) is 76.1 Å². The molecule has 0 amide bonds. The molecule has 16 heteroatoms. The van der Waals surface area contributed by atoms with Crippen molar-refractivity contribution >= 4 is 33.4 Å². The van der Waals surface area contributed by atoms with Crippen LogP contribution in [0.3, 0.4) is 0 Å². The van der Waals surface area contributed by atoms with Gasteiger partial charge in [0.1, 0.15) is 12.7 Å². The molecule has 0 spiro atoms. The number of esters is 2. The van der Waals surface area contributed by atoms with Crippen molar-refractivity contribution in [3.63, 3.8) is 0 Å². The standard InChI is InChI=1S/C40H72O14P2/c1-3-5-7-8-9-10-11-12-13-16-19-22-26-30-39(43)50-34-38(35-53-56(48,49)52-33-37(42)32-51-55(45,46)47)54-40(44)31-27-23-20-17-14-15-18-21-25-29-36(41)28-24-6-4-2/h10-11,18,21,25,29,37-38,42H,3-9,12-17,19-20,22-24,26-28,30-35H2,1-2H3,(H,48,49)(H2,45,46,47)/b11-10-,21-18-,29-25+/t37-,38+/m0/s1. The number of aliphatic hydroxyl groups excluding tert-OH is 1. The van der Waals surface area contributed by atoms with Crippen molar-refractivity contribution in [2.45, 2.75) is 174 Å². The molecule has 56 heavy (non-hydrogen) atoms. The van der Waals surface area contributed by atoms with Crippen LogP contribution in [0.25, 0.3) is 0 Å². The number of phosphoric ester groups is 2. The Hall–Kier alpha value is -1.99. The summed E-state index contributed by atoms with van der Waals surface area (Å²) in [5, 5.41) is 9.72. The summed E-state index contributed by atoms with van der Waals surface area (Å²) in [7, 11) is -9.70. The predicted octanol–water partition coefficient (Wildman–Crippen LogP) is 9.30. The highest BCUT2D eigenvalue weighted by Crippen LogP contribution is 2.43. The molecule has 0 heterocycles. The van der Waals surface area contributed by atoms with Crippen molar-refractivity contribution in [2.75, 3.05) is 26.4 Å². The predicted molar refractivity (Wildman–Crippen MR) is 217 cm³/mol. The maximum Gasteiger partial charge on any atom is 0.472 e. The summed E-state index contributed by atoms with van der Waals surface area (Å²) >= 11 is 0. The summed E-state index contributed by atoms with van der Waals surface area (Å²) in [5.74, 6) is -0.959. The number of rotatable bonds is 39. The number of carbonyl (C=O) groups is 3.